The van der Waals surface area contributed by atoms with Crippen LogP contribution in [0.3, 0.4) is 0 Å². The van der Waals surface area contributed by atoms with Crippen molar-refractivity contribution in [3.63, 3.8) is 0 Å². The second kappa shape index (κ2) is 11.5. The maximum Gasteiger partial charge on any atom is 0.164 e. The van der Waals surface area contributed by atoms with Crippen molar-refractivity contribution in [1.29, 1.82) is 0 Å². The van der Waals surface area contributed by atoms with Gasteiger partial charge in [0.15, 0.2) is 17.5 Å². The molecule has 0 saturated heterocycles. The Morgan fingerprint density at radius 1 is 0.311 bits per heavy atom. The van der Waals surface area contributed by atoms with Crippen molar-refractivity contribution in [3.8, 4) is 56.4 Å². The van der Waals surface area contributed by atoms with Crippen LogP contribution in [0.15, 0.2) is 158 Å². The quantitative estimate of drug-likeness (QED) is 0.186. The van der Waals surface area contributed by atoms with E-state index in [1.807, 2.05) is 54.6 Å². The van der Waals surface area contributed by atoms with E-state index < -0.39 is 0 Å². The molecule has 0 unspecified atom stereocenters. The fourth-order valence-electron chi connectivity index (χ4n) is 6.15. The molecule has 8 aromatic rings. The second-order valence-corrected chi connectivity index (χ2v) is 11.4. The number of hydrogen-bond acceptors (Lipinski definition) is 3. The molecule has 45 heavy (non-hydrogen) atoms. The zero-order chi connectivity index (χ0) is 30.2. The van der Waals surface area contributed by atoms with Crippen molar-refractivity contribution in [3.05, 3.63) is 163 Å². The molecule has 0 atom stereocenters. The average molecular weight is 596 g/mol. The number of fused-ring (bicyclic) bond motifs is 2. The van der Waals surface area contributed by atoms with Gasteiger partial charge in [0.2, 0.25) is 0 Å². The third-order valence-electron chi connectivity index (χ3n) is 8.15. The van der Waals surface area contributed by atoms with Crippen LogP contribution in [0.5, 0.6) is 0 Å². The topological polar surface area (TPSA) is 38.7 Å². The van der Waals surface area contributed by atoms with Gasteiger partial charge in [-0.1, -0.05) is 151 Å². The Morgan fingerprint density at radius 3 is 1.22 bits per heavy atom. The third kappa shape index (κ3) is 5.04. The van der Waals surface area contributed by atoms with E-state index in [0.29, 0.717) is 22.5 Å². The minimum atomic E-state index is 0.579. The maximum absolute atomic E-state index is 6.37. The molecule has 0 aliphatic carbocycles. The first-order chi connectivity index (χ1) is 22.2. The molecule has 0 N–H and O–H groups in total. The van der Waals surface area contributed by atoms with Gasteiger partial charge in [-0.15, -0.1) is 0 Å². The SMILES string of the molecule is Clc1cccc(-c2nc(-c3ccccc3)nc(-c3cccc(-c4c5ccccc5c(-c5ccccc5)c5ccccc45)c3)n2)c1. The van der Waals surface area contributed by atoms with Crippen molar-refractivity contribution in [2.45, 2.75) is 0 Å². The molecule has 0 radical (unpaired) electrons. The minimum absolute atomic E-state index is 0.579. The lowest BCUT2D eigenvalue weighted by molar-refractivity contribution is 1.07. The molecule has 0 aliphatic heterocycles. The van der Waals surface area contributed by atoms with E-state index in [2.05, 4.69) is 103 Å². The Kier molecular flexibility index (Phi) is 6.86. The minimum Gasteiger partial charge on any atom is -0.208 e. The van der Waals surface area contributed by atoms with Crippen molar-refractivity contribution in [2.24, 2.45) is 0 Å². The number of aromatic nitrogens is 3. The van der Waals surface area contributed by atoms with Crippen LogP contribution in [0.4, 0.5) is 0 Å². The Morgan fingerprint density at radius 2 is 0.689 bits per heavy atom. The van der Waals surface area contributed by atoms with E-state index in [1.165, 1.54) is 38.2 Å². The van der Waals surface area contributed by atoms with Crippen molar-refractivity contribution < 1.29 is 0 Å². The molecular weight excluding hydrogens is 570 g/mol. The summed E-state index contributed by atoms with van der Waals surface area (Å²) in [5.41, 5.74) is 7.42. The fourth-order valence-corrected chi connectivity index (χ4v) is 6.34. The largest absolute Gasteiger partial charge is 0.208 e. The van der Waals surface area contributed by atoms with Gasteiger partial charge in [-0.2, -0.15) is 0 Å². The van der Waals surface area contributed by atoms with Crippen molar-refractivity contribution in [1.82, 2.24) is 15.0 Å². The molecule has 1 aromatic heterocycles. The summed E-state index contributed by atoms with van der Waals surface area (Å²) in [6.07, 6.45) is 0. The lowest BCUT2D eigenvalue weighted by Gasteiger charge is -2.18. The van der Waals surface area contributed by atoms with E-state index in [0.717, 1.165) is 22.3 Å². The molecule has 0 amide bonds. The monoisotopic (exact) mass is 595 g/mol. The van der Waals surface area contributed by atoms with Gasteiger partial charge in [-0.05, 0) is 62.0 Å². The molecule has 0 aliphatic rings. The van der Waals surface area contributed by atoms with Crippen LogP contribution in [-0.4, -0.2) is 15.0 Å². The van der Waals surface area contributed by atoms with E-state index in [9.17, 15) is 0 Å². The highest BCUT2D eigenvalue weighted by Gasteiger charge is 2.18. The summed E-state index contributed by atoms with van der Waals surface area (Å²) in [5.74, 6) is 1.80. The summed E-state index contributed by atoms with van der Waals surface area (Å²) < 4.78 is 0. The standard InChI is InChI=1S/C41H26ClN3/c42-32-20-12-19-31(26-32)41-44-39(28-15-5-2-6-16-28)43-40(45-41)30-18-11-17-29(25-30)38-35-23-9-7-21-33(35)37(27-13-3-1-4-14-27)34-22-8-10-24-36(34)38/h1-26H. The molecule has 3 nitrogen and oxygen atoms in total. The number of halogens is 1. The number of hydrogen-bond donors (Lipinski definition) is 0. The summed E-state index contributed by atoms with van der Waals surface area (Å²) >= 11 is 6.37. The lowest BCUT2D eigenvalue weighted by atomic mass is 9.86. The predicted octanol–water partition coefficient (Wildman–Crippen LogP) is 11.2. The zero-order valence-corrected chi connectivity index (χ0v) is 25.0. The first-order valence-electron chi connectivity index (χ1n) is 14.9. The Bertz CT molecular complexity index is 2280. The van der Waals surface area contributed by atoms with Crippen molar-refractivity contribution in [2.75, 3.05) is 0 Å². The normalized spacial score (nSPS) is 11.2. The molecule has 212 valence electrons. The highest BCUT2D eigenvalue weighted by Crippen LogP contribution is 2.44. The van der Waals surface area contributed by atoms with Crippen molar-refractivity contribution >= 4 is 33.1 Å². The van der Waals surface area contributed by atoms with E-state index in [-0.39, 0.29) is 0 Å². The van der Waals surface area contributed by atoms with Gasteiger partial charge >= 0.3 is 0 Å². The number of benzene rings is 7. The molecule has 0 spiro atoms. The number of nitrogens with zero attached hydrogens (tertiary/aromatic N) is 3. The van der Waals surface area contributed by atoms with Crippen LogP contribution >= 0.6 is 11.6 Å². The smallest absolute Gasteiger partial charge is 0.164 e. The summed E-state index contributed by atoms with van der Waals surface area (Å²) in [6, 6.07) is 54.2. The van der Waals surface area contributed by atoms with Crippen LogP contribution in [0, 0.1) is 0 Å². The van der Waals surface area contributed by atoms with Gasteiger partial charge in [-0.3, -0.25) is 0 Å². The predicted molar refractivity (Wildman–Crippen MR) is 187 cm³/mol. The van der Waals surface area contributed by atoms with Gasteiger partial charge in [0, 0.05) is 21.7 Å². The van der Waals surface area contributed by atoms with Crippen LogP contribution in [-0.2, 0) is 0 Å². The molecule has 7 aromatic carbocycles. The average Bonchev–Trinajstić information content (AvgIpc) is 3.11. The summed E-state index contributed by atoms with van der Waals surface area (Å²) in [6.45, 7) is 0. The Hall–Kier alpha value is -5.64. The molecule has 0 fully saturated rings. The summed E-state index contributed by atoms with van der Waals surface area (Å²) in [7, 11) is 0. The van der Waals surface area contributed by atoms with Gasteiger partial charge < -0.3 is 0 Å². The molecule has 0 saturated carbocycles. The third-order valence-corrected chi connectivity index (χ3v) is 8.39. The molecule has 0 bridgehead atoms. The maximum atomic E-state index is 6.37. The second-order valence-electron chi connectivity index (χ2n) is 11.0. The molecule has 1 heterocycles. The summed E-state index contributed by atoms with van der Waals surface area (Å²) in [4.78, 5) is 14.8. The molecular formula is C41H26ClN3. The molecule has 8 rings (SSSR count). The lowest BCUT2D eigenvalue weighted by Crippen LogP contribution is -2.00. The first kappa shape index (κ1) is 26.9. The molecule has 4 heteroatoms. The first-order valence-corrected chi connectivity index (χ1v) is 15.3. The zero-order valence-electron chi connectivity index (χ0n) is 24.2. The van der Waals surface area contributed by atoms with Crippen LogP contribution < -0.4 is 0 Å². The van der Waals surface area contributed by atoms with E-state index in [4.69, 9.17) is 26.6 Å². The van der Waals surface area contributed by atoms with Crippen LogP contribution in [0.25, 0.3) is 78.0 Å². The van der Waals surface area contributed by atoms with Gasteiger partial charge in [-0.25, -0.2) is 15.0 Å². The van der Waals surface area contributed by atoms with Gasteiger partial charge in [0.05, 0.1) is 0 Å². The highest BCUT2D eigenvalue weighted by molar-refractivity contribution is 6.30. The summed E-state index contributed by atoms with van der Waals surface area (Å²) in [5, 5.41) is 5.48. The van der Waals surface area contributed by atoms with Crippen LogP contribution in [0.1, 0.15) is 0 Å². The van der Waals surface area contributed by atoms with Gasteiger partial charge in [0.25, 0.3) is 0 Å². The highest BCUT2D eigenvalue weighted by atomic mass is 35.5. The van der Waals surface area contributed by atoms with E-state index in [1.54, 1.807) is 0 Å². The Labute approximate surface area is 266 Å². The van der Waals surface area contributed by atoms with Gasteiger partial charge in [0.1, 0.15) is 0 Å². The van der Waals surface area contributed by atoms with E-state index >= 15 is 0 Å². The van der Waals surface area contributed by atoms with Crippen LogP contribution in [0.2, 0.25) is 5.02 Å². The Balaban J connectivity index is 1.36. The fraction of sp³-hybridized carbons (Fsp3) is 0. The number of rotatable bonds is 5.